The van der Waals surface area contributed by atoms with Crippen LogP contribution >= 0.6 is 0 Å². The second-order valence-electron chi connectivity index (χ2n) is 4.93. The van der Waals surface area contributed by atoms with Crippen LogP contribution in [0.5, 0.6) is 0 Å². The molecule has 106 valence electrons. The highest BCUT2D eigenvalue weighted by Crippen LogP contribution is 2.13. The van der Waals surface area contributed by atoms with Gasteiger partial charge in [0.2, 0.25) is 0 Å². The number of hydrogen-bond acceptors (Lipinski definition) is 3. The monoisotopic (exact) mass is 274 g/mol. The topological polar surface area (TPSA) is 74.5 Å². The molecule has 1 heterocycles. The van der Waals surface area contributed by atoms with Gasteiger partial charge in [-0.1, -0.05) is 18.2 Å². The Labute approximate surface area is 117 Å². The number of hydrogen-bond donors (Lipinski definition) is 3. The van der Waals surface area contributed by atoms with Crippen LogP contribution in [0, 0.1) is 0 Å². The van der Waals surface area contributed by atoms with Crippen molar-refractivity contribution in [3.63, 3.8) is 0 Å². The predicted octanol–water partition coefficient (Wildman–Crippen LogP) is 2.39. The van der Waals surface area contributed by atoms with E-state index in [1.165, 1.54) is 0 Å². The number of carbonyl (C=O) groups excluding carboxylic acids is 1. The third kappa shape index (κ3) is 4.44. The van der Waals surface area contributed by atoms with E-state index in [-0.39, 0.29) is 12.6 Å². The lowest BCUT2D eigenvalue weighted by atomic mass is 10.0. The van der Waals surface area contributed by atoms with Gasteiger partial charge in [0.05, 0.1) is 11.9 Å². The lowest BCUT2D eigenvalue weighted by Crippen LogP contribution is -2.43. The molecule has 2 rings (SSSR count). The molecule has 20 heavy (non-hydrogen) atoms. The fourth-order valence-corrected chi connectivity index (χ4v) is 1.82. The number of amides is 2. The number of anilines is 1. The summed E-state index contributed by atoms with van der Waals surface area (Å²) in [5.41, 5.74) is -0.359. The average molecular weight is 274 g/mol. The number of nitrogens with one attached hydrogen (secondary N) is 2. The minimum atomic E-state index is -1.06. The molecule has 0 fully saturated rings. The number of furan rings is 1. The zero-order valence-corrected chi connectivity index (χ0v) is 11.3. The van der Waals surface area contributed by atoms with Gasteiger partial charge in [0, 0.05) is 18.7 Å². The molecule has 2 amide bonds. The maximum absolute atomic E-state index is 11.7. The zero-order valence-electron chi connectivity index (χ0n) is 11.3. The Morgan fingerprint density at radius 2 is 2.00 bits per heavy atom. The molecule has 0 aliphatic carbocycles. The first-order valence-electron chi connectivity index (χ1n) is 6.40. The number of carbonyl (C=O) groups is 1. The molecule has 5 heteroatoms. The minimum absolute atomic E-state index is 0.131. The van der Waals surface area contributed by atoms with Gasteiger partial charge in [0.25, 0.3) is 0 Å². The Kier molecular flexibility index (Phi) is 4.42. The minimum Gasteiger partial charge on any atom is -0.469 e. The molecular formula is C15H18N2O3. The fraction of sp³-hybridized carbons (Fsp3) is 0.267. The van der Waals surface area contributed by atoms with Gasteiger partial charge in [0.1, 0.15) is 5.76 Å². The van der Waals surface area contributed by atoms with E-state index in [1.807, 2.05) is 18.2 Å². The van der Waals surface area contributed by atoms with Crippen LogP contribution in [0.25, 0.3) is 0 Å². The van der Waals surface area contributed by atoms with E-state index in [9.17, 15) is 9.90 Å². The number of benzene rings is 1. The molecule has 1 atom stereocenters. The van der Waals surface area contributed by atoms with Gasteiger partial charge in [-0.25, -0.2) is 4.79 Å². The molecule has 0 bridgehead atoms. The third-order valence-electron chi connectivity index (χ3n) is 2.80. The van der Waals surface area contributed by atoms with Gasteiger partial charge in [-0.15, -0.1) is 0 Å². The van der Waals surface area contributed by atoms with E-state index >= 15 is 0 Å². The number of rotatable bonds is 5. The van der Waals surface area contributed by atoms with E-state index in [4.69, 9.17) is 4.42 Å². The highest BCUT2D eigenvalue weighted by atomic mass is 16.3. The first-order chi connectivity index (χ1) is 9.55. The fourth-order valence-electron chi connectivity index (χ4n) is 1.82. The van der Waals surface area contributed by atoms with Crippen molar-refractivity contribution in [1.29, 1.82) is 0 Å². The quantitative estimate of drug-likeness (QED) is 0.783. The molecule has 0 saturated carbocycles. The molecule has 3 N–H and O–H groups in total. The molecule has 2 aromatic rings. The van der Waals surface area contributed by atoms with Crippen molar-refractivity contribution in [1.82, 2.24) is 5.32 Å². The van der Waals surface area contributed by atoms with Gasteiger partial charge in [-0.05, 0) is 31.2 Å². The van der Waals surface area contributed by atoms with E-state index in [0.29, 0.717) is 17.9 Å². The Morgan fingerprint density at radius 3 is 2.65 bits per heavy atom. The number of aliphatic hydroxyl groups is 1. The summed E-state index contributed by atoms with van der Waals surface area (Å²) in [6.07, 6.45) is 1.90. The van der Waals surface area contributed by atoms with Crippen LogP contribution in [0.1, 0.15) is 12.7 Å². The van der Waals surface area contributed by atoms with Crippen LogP contribution in [0.4, 0.5) is 10.5 Å². The molecule has 0 saturated heterocycles. The van der Waals surface area contributed by atoms with Crippen LogP contribution in [0.15, 0.2) is 53.1 Å². The average Bonchev–Trinajstić information content (AvgIpc) is 2.90. The SMILES string of the molecule is CC(O)(CNC(=O)Nc1ccccc1)Cc1ccco1. The maximum Gasteiger partial charge on any atom is 0.319 e. The molecule has 1 aromatic heterocycles. The molecule has 0 spiro atoms. The van der Waals surface area contributed by atoms with Gasteiger partial charge in [-0.2, -0.15) is 0 Å². The summed E-state index contributed by atoms with van der Waals surface area (Å²) in [7, 11) is 0. The van der Waals surface area contributed by atoms with Crippen molar-refractivity contribution < 1.29 is 14.3 Å². The normalized spacial score (nSPS) is 13.5. The summed E-state index contributed by atoms with van der Waals surface area (Å²) in [5, 5.41) is 15.5. The highest BCUT2D eigenvalue weighted by Gasteiger charge is 2.23. The van der Waals surface area contributed by atoms with Crippen LogP contribution in [-0.4, -0.2) is 23.3 Å². The Balaban J connectivity index is 1.80. The first kappa shape index (κ1) is 14.1. The highest BCUT2D eigenvalue weighted by molar-refractivity contribution is 5.89. The first-order valence-corrected chi connectivity index (χ1v) is 6.40. The van der Waals surface area contributed by atoms with Crippen LogP contribution in [0.3, 0.4) is 0 Å². The molecule has 1 aromatic carbocycles. The Hall–Kier alpha value is -2.27. The largest absolute Gasteiger partial charge is 0.469 e. The molecule has 0 aliphatic rings. The van der Waals surface area contributed by atoms with Crippen molar-refractivity contribution in [3.8, 4) is 0 Å². The molecule has 0 radical (unpaired) electrons. The summed E-state index contributed by atoms with van der Waals surface area (Å²) in [6, 6.07) is 12.3. The van der Waals surface area contributed by atoms with Crippen molar-refractivity contribution in [3.05, 3.63) is 54.5 Å². The van der Waals surface area contributed by atoms with Gasteiger partial charge < -0.3 is 20.2 Å². The second kappa shape index (κ2) is 6.25. The standard InChI is InChI=1S/C15H18N2O3/c1-15(19,10-13-8-5-9-20-13)11-16-14(18)17-12-6-3-2-4-7-12/h2-9,19H,10-11H2,1H3,(H2,16,17,18). The number of urea groups is 1. The predicted molar refractivity (Wildman–Crippen MR) is 76.5 cm³/mol. The van der Waals surface area contributed by atoms with Crippen molar-refractivity contribution >= 4 is 11.7 Å². The van der Waals surface area contributed by atoms with Gasteiger partial charge in [0.15, 0.2) is 0 Å². The van der Waals surface area contributed by atoms with Gasteiger partial charge in [-0.3, -0.25) is 0 Å². The summed E-state index contributed by atoms with van der Waals surface area (Å²) < 4.78 is 5.18. The maximum atomic E-state index is 11.7. The molecule has 1 unspecified atom stereocenters. The van der Waals surface area contributed by atoms with Crippen LogP contribution in [0.2, 0.25) is 0 Å². The summed E-state index contributed by atoms with van der Waals surface area (Å²) in [4.78, 5) is 11.7. The number of para-hydroxylation sites is 1. The van der Waals surface area contributed by atoms with Crippen molar-refractivity contribution in [2.45, 2.75) is 18.9 Å². The summed E-state index contributed by atoms with van der Waals surface area (Å²) in [6.45, 7) is 1.78. The lowest BCUT2D eigenvalue weighted by Gasteiger charge is -2.22. The van der Waals surface area contributed by atoms with Crippen LogP contribution < -0.4 is 10.6 Å². The third-order valence-corrected chi connectivity index (χ3v) is 2.80. The zero-order chi connectivity index (χ0) is 14.4. The van der Waals surface area contributed by atoms with E-state index in [1.54, 1.807) is 37.5 Å². The van der Waals surface area contributed by atoms with E-state index < -0.39 is 5.60 Å². The van der Waals surface area contributed by atoms with Crippen LogP contribution in [-0.2, 0) is 6.42 Å². The van der Waals surface area contributed by atoms with E-state index in [0.717, 1.165) is 0 Å². The van der Waals surface area contributed by atoms with Crippen molar-refractivity contribution in [2.75, 3.05) is 11.9 Å². The molecule has 0 aliphatic heterocycles. The summed E-state index contributed by atoms with van der Waals surface area (Å²) >= 11 is 0. The molecular weight excluding hydrogens is 256 g/mol. The smallest absolute Gasteiger partial charge is 0.319 e. The molecule has 5 nitrogen and oxygen atoms in total. The van der Waals surface area contributed by atoms with Gasteiger partial charge >= 0.3 is 6.03 Å². The van der Waals surface area contributed by atoms with E-state index in [2.05, 4.69) is 10.6 Å². The van der Waals surface area contributed by atoms with Crippen molar-refractivity contribution in [2.24, 2.45) is 0 Å². The lowest BCUT2D eigenvalue weighted by molar-refractivity contribution is 0.0577. The Bertz CT molecular complexity index is 536. The summed E-state index contributed by atoms with van der Waals surface area (Å²) in [5.74, 6) is 0.681. The Morgan fingerprint density at radius 1 is 1.25 bits per heavy atom. The second-order valence-corrected chi connectivity index (χ2v) is 4.93.